The first-order valence-electron chi connectivity index (χ1n) is 4.42. The minimum absolute atomic E-state index is 0.0487. The molecule has 0 bridgehead atoms. The summed E-state index contributed by atoms with van der Waals surface area (Å²) in [6, 6.07) is 5.50. The quantitative estimate of drug-likeness (QED) is 0.687. The summed E-state index contributed by atoms with van der Waals surface area (Å²) in [7, 11) is 5.41. The fraction of sp³-hybridized carbons (Fsp3) is 0.364. The Labute approximate surface area is 84.3 Å². The molecule has 0 N–H and O–H groups in total. The SMILES string of the molecule is COc1ccc(N(C)C)c(C(C)=O)c1. The molecule has 0 aliphatic heterocycles. The Bertz CT molecular complexity index is 345. The molecule has 0 unspecified atom stereocenters. The van der Waals surface area contributed by atoms with E-state index >= 15 is 0 Å². The van der Waals surface area contributed by atoms with Gasteiger partial charge in [-0.3, -0.25) is 4.79 Å². The standard InChI is InChI=1S/C11H15NO2/c1-8(13)10-7-9(14-4)5-6-11(10)12(2)3/h5-7H,1-4H3. The van der Waals surface area contributed by atoms with Crippen LogP contribution in [0.5, 0.6) is 5.75 Å². The van der Waals surface area contributed by atoms with Gasteiger partial charge < -0.3 is 9.64 Å². The third-order valence-corrected chi connectivity index (χ3v) is 2.06. The molecule has 0 radical (unpaired) electrons. The predicted molar refractivity (Wildman–Crippen MR) is 57.3 cm³/mol. The van der Waals surface area contributed by atoms with Gasteiger partial charge in [-0.25, -0.2) is 0 Å². The van der Waals surface area contributed by atoms with E-state index in [0.717, 1.165) is 5.69 Å². The number of rotatable bonds is 3. The molecule has 0 saturated carbocycles. The minimum Gasteiger partial charge on any atom is -0.497 e. The van der Waals surface area contributed by atoms with Crippen LogP contribution in [0.15, 0.2) is 18.2 Å². The highest BCUT2D eigenvalue weighted by Crippen LogP contribution is 2.24. The first-order valence-corrected chi connectivity index (χ1v) is 4.42. The van der Waals surface area contributed by atoms with Crippen molar-refractivity contribution < 1.29 is 9.53 Å². The van der Waals surface area contributed by atoms with Crippen molar-refractivity contribution in [1.29, 1.82) is 0 Å². The zero-order valence-corrected chi connectivity index (χ0v) is 9.00. The van der Waals surface area contributed by atoms with Gasteiger partial charge in [0.2, 0.25) is 0 Å². The van der Waals surface area contributed by atoms with Crippen LogP contribution in [0.25, 0.3) is 0 Å². The molecule has 1 rings (SSSR count). The maximum Gasteiger partial charge on any atom is 0.162 e. The third kappa shape index (κ3) is 2.05. The second kappa shape index (κ2) is 4.13. The molecule has 0 saturated heterocycles. The van der Waals surface area contributed by atoms with Gasteiger partial charge in [-0.15, -0.1) is 0 Å². The third-order valence-electron chi connectivity index (χ3n) is 2.06. The first-order chi connectivity index (χ1) is 6.56. The Morgan fingerprint density at radius 2 is 2.00 bits per heavy atom. The van der Waals surface area contributed by atoms with Crippen molar-refractivity contribution in [2.75, 3.05) is 26.1 Å². The molecule has 3 nitrogen and oxygen atoms in total. The summed E-state index contributed by atoms with van der Waals surface area (Å²) in [6.45, 7) is 1.56. The molecule has 0 aliphatic carbocycles. The minimum atomic E-state index is 0.0487. The number of hydrogen-bond donors (Lipinski definition) is 0. The Morgan fingerprint density at radius 1 is 1.36 bits per heavy atom. The molecule has 0 spiro atoms. The van der Waals surface area contributed by atoms with Gasteiger partial charge in [0.1, 0.15) is 5.75 Å². The number of hydrogen-bond acceptors (Lipinski definition) is 3. The number of ether oxygens (including phenoxy) is 1. The van der Waals surface area contributed by atoms with Crippen molar-refractivity contribution >= 4 is 11.5 Å². The summed E-state index contributed by atoms with van der Waals surface area (Å²) in [5.74, 6) is 0.758. The summed E-state index contributed by atoms with van der Waals surface area (Å²) in [6.07, 6.45) is 0. The van der Waals surface area contributed by atoms with Crippen molar-refractivity contribution in [3.8, 4) is 5.75 Å². The van der Waals surface area contributed by atoms with Gasteiger partial charge in [-0.1, -0.05) is 0 Å². The predicted octanol–water partition coefficient (Wildman–Crippen LogP) is 1.96. The number of carbonyl (C=O) groups excluding carboxylic acids is 1. The lowest BCUT2D eigenvalue weighted by Crippen LogP contribution is -2.12. The van der Waals surface area contributed by atoms with Crippen LogP contribution in [0.3, 0.4) is 0 Å². The van der Waals surface area contributed by atoms with Gasteiger partial charge in [0.05, 0.1) is 7.11 Å². The molecular weight excluding hydrogens is 178 g/mol. The number of nitrogens with zero attached hydrogens (tertiary/aromatic N) is 1. The molecule has 0 aromatic heterocycles. The van der Waals surface area contributed by atoms with Crippen molar-refractivity contribution in [1.82, 2.24) is 0 Å². The van der Waals surface area contributed by atoms with Crippen LogP contribution in [0.2, 0.25) is 0 Å². The van der Waals surface area contributed by atoms with Crippen molar-refractivity contribution in [3.05, 3.63) is 23.8 Å². The van der Waals surface area contributed by atoms with E-state index in [0.29, 0.717) is 11.3 Å². The van der Waals surface area contributed by atoms with Gasteiger partial charge in [0, 0.05) is 25.3 Å². The maximum atomic E-state index is 11.4. The highest BCUT2D eigenvalue weighted by Gasteiger charge is 2.09. The van der Waals surface area contributed by atoms with Crippen LogP contribution in [0.4, 0.5) is 5.69 Å². The fourth-order valence-electron chi connectivity index (χ4n) is 1.31. The van der Waals surface area contributed by atoms with E-state index in [1.54, 1.807) is 20.1 Å². The largest absolute Gasteiger partial charge is 0.497 e. The molecule has 1 aromatic carbocycles. The zero-order chi connectivity index (χ0) is 10.7. The topological polar surface area (TPSA) is 29.5 Å². The van der Waals surface area contributed by atoms with E-state index in [4.69, 9.17) is 4.74 Å². The highest BCUT2D eigenvalue weighted by molar-refractivity contribution is 6.00. The van der Waals surface area contributed by atoms with Gasteiger partial charge in [-0.2, -0.15) is 0 Å². The normalized spacial score (nSPS) is 9.71. The molecule has 0 atom stereocenters. The van der Waals surface area contributed by atoms with E-state index in [-0.39, 0.29) is 5.78 Å². The van der Waals surface area contributed by atoms with E-state index in [9.17, 15) is 4.79 Å². The van der Waals surface area contributed by atoms with E-state index < -0.39 is 0 Å². The average molecular weight is 193 g/mol. The zero-order valence-electron chi connectivity index (χ0n) is 9.00. The molecule has 76 valence electrons. The summed E-state index contributed by atoms with van der Waals surface area (Å²) in [5, 5.41) is 0. The Balaban J connectivity index is 3.24. The second-order valence-electron chi connectivity index (χ2n) is 3.33. The smallest absolute Gasteiger partial charge is 0.162 e. The summed E-state index contributed by atoms with van der Waals surface area (Å²) < 4.78 is 5.07. The number of benzene rings is 1. The number of methoxy groups -OCH3 is 1. The van der Waals surface area contributed by atoms with Crippen LogP contribution in [0, 0.1) is 0 Å². The summed E-state index contributed by atoms with van der Waals surface area (Å²) in [4.78, 5) is 13.3. The molecular formula is C11H15NO2. The van der Waals surface area contributed by atoms with Crippen molar-refractivity contribution in [2.24, 2.45) is 0 Å². The van der Waals surface area contributed by atoms with Gasteiger partial charge >= 0.3 is 0 Å². The number of Topliss-reactive ketones (excluding diaryl/α,β-unsaturated/α-hetero) is 1. The van der Waals surface area contributed by atoms with Crippen LogP contribution >= 0.6 is 0 Å². The van der Waals surface area contributed by atoms with Gasteiger partial charge in [0.15, 0.2) is 5.78 Å². The molecule has 1 aromatic rings. The van der Waals surface area contributed by atoms with Crippen molar-refractivity contribution in [2.45, 2.75) is 6.92 Å². The Morgan fingerprint density at radius 3 is 2.43 bits per heavy atom. The van der Waals surface area contributed by atoms with Crippen LogP contribution < -0.4 is 9.64 Å². The Hall–Kier alpha value is -1.51. The Kier molecular flexibility index (Phi) is 3.12. The van der Waals surface area contributed by atoms with Crippen molar-refractivity contribution in [3.63, 3.8) is 0 Å². The van der Waals surface area contributed by atoms with Crippen LogP contribution in [-0.2, 0) is 0 Å². The molecule has 0 fully saturated rings. The first kappa shape index (κ1) is 10.6. The lowest BCUT2D eigenvalue weighted by molar-refractivity contribution is 0.101. The second-order valence-corrected chi connectivity index (χ2v) is 3.33. The summed E-state index contributed by atoms with van der Waals surface area (Å²) >= 11 is 0. The maximum absolute atomic E-state index is 11.4. The van der Waals surface area contributed by atoms with Gasteiger partial charge in [0.25, 0.3) is 0 Å². The number of carbonyl (C=O) groups is 1. The average Bonchev–Trinajstić information content (AvgIpc) is 2.16. The lowest BCUT2D eigenvalue weighted by Gasteiger charge is -2.16. The van der Waals surface area contributed by atoms with Crippen LogP contribution in [-0.4, -0.2) is 27.0 Å². The van der Waals surface area contributed by atoms with E-state index in [2.05, 4.69) is 0 Å². The van der Waals surface area contributed by atoms with E-state index in [1.807, 2.05) is 31.1 Å². The molecule has 0 aliphatic rings. The molecule has 14 heavy (non-hydrogen) atoms. The number of anilines is 1. The molecule has 0 amide bonds. The summed E-state index contributed by atoms with van der Waals surface area (Å²) in [5.41, 5.74) is 1.60. The highest BCUT2D eigenvalue weighted by atomic mass is 16.5. The van der Waals surface area contributed by atoms with E-state index in [1.165, 1.54) is 0 Å². The lowest BCUT2D eigenvalue weighted by atomic mass is 10.1. The van der Waals surface area contributed by atoms with Gasteiger partial charge in [-0.05, 0) is 25.1 Å². The number of ketones is 1. The fourth-order valence-corrected chi connectivity index (χ4v) is 1.31. The van der Waals surface area contributed by atoms with Crippen LogP contribution in [0.1, 0.15) is 17.3 Å². The monoisotopic (exact) mass is 193 g/mol. The molecule has 3 heteroatoms. The molecule has 0 heterocycles.